The molecular formula is C11H13NO. The normalized spacial score (nSPS) is 15.8. The van der Waals surface area contributed by atoms with Gasteiger partial charge in [-0.15, -0.1) is 0 Å². The second-order valence-electron chi connectivity index (χ2n) is 3.77. The van der Waals surface area contributed by atoms with Crippen molar-refractivity contribution in [2.24, 2.45) is 0 Å². The fourth-order valence-corrected chi connectivity index (χ4v) is 1.70. The number of hydrogen-bond donors (Lipinski definition) is 0. The van der Waals surface area contributed by atoms with Crippen LogP contribution in [0.15, 0.2) is 6.07 Å². The van der Waals surface area contributed by atoms with E-state index in [0.29, 0.717) is 5.92 Å². The number of pyridine rings is 1. The SMILES string of the molecule is Cc1cc(C)c(C=O)c(C2CC2)n1. The van der Waals surface area contributed by atoms with Crippen molar-refractivity contribution < 1.29 is 4.79 Å². The monoisotopic (exact) mass is 175 g/mol. The standard InChI is InChI=1S/C11H13NO/c1-7-5-8(2)12-11(9-3-4-9)10(7)6-13/h5-6,9H,3-4H2,1-2H3. The van der Waals surface area contributed by atoms with E-state index >= 15 is 0 Å². The average molecular weight is 175 g/mol. The molecule has 0 saturated heterocycles. The third kappa shape index (κ3) is 1.48. The van der Waals surface area contributed by atoms with Crippen molar-refractivity contribution in [3.63, 3.8) is 0 Å². The number of aldehydes is 1. The summed E-state index contributed by atoms with van der Waals surface area (Å²) in [5, 5.41) is 0. The molecule has 1 aliphatic carbocycles. The van der Waals surface area contributed by atoms with E-state index in [9.17, 15) is 4.79 Å². The van der Waals surface area contributed by atoms with E-state index in [4.69, 9.17) is 0 Å². The number of aromatic nitrogens is 1. The van der Waals surface area contributed by atoms with Gasteiger partial charge < -0.3 is 0 Å². The zero-order chi connectivity index (χ0) is 9.42. The molecule has 2 nitrogen and oxygen atoms in total. The first-order valence-electron chi connectivity index (χ1n) is 4.65. The maximum absolute atomic E-state index is 10.9. The van der Waals surface area contributed by atoms with Crippen molar-refractivity contribution in [2.45, 2.75) is 32.6 Å². The molecule has 0 amide bonds. The van der Waals surface area contributed by atoms with E-state index in [0.717, 1.165) is 28.8 Å². The summed E-state index contributed by atoms with van der Waals surface area (Å²) in [5.41, 5.74) is 3.91. The summed E-state index contributed by atoms with van der Waals surface area (Å²) in [6, 6.07) is 1.97. The molecule has 1 aromatic heterocycles. The fraction of sp³-hybridized carbons (Fsp3) is 0.455. The Labute approximate surface area is 78.0 Å². The molecule has 1 aromatic rings. The smallest absolute Gasteiger partial charge is 0.152 e. The lowest BCUT2D eigenvalue weighted by atomic mass is 10.0. The molecule has 0 N–H and O–H groups in total. The van der Waals surface area contributed by atoms with Gasteiger partial charge in [-0.25, -0.2) is 0 Å². The van der Waals surface area contributed by atoms with Gasteiger partial charge in [-0.05, 0) is 38.3 Å². The third-order valence-electron chi connectivity index (χ3n) is 2.50. The van der Waals surface area contributed by atoms with Gasteiger partial charge in [0.05, 0.1) is 5.69 Å². The number of carbonyl (C=O) groups is 1. The molecule has 0 bridgehead atoms. The molecule has 0 aromatic carbocycles. The molecule has 0 radical (unpaired) electrons. The summed E-state index contributed by atoms with van der Waals surface area (Å²) < 4.78 is 0. The molecule has 1 saturated carbocycles. The molecule has 2 heteroatoms. The quantitative estimate of drug-likeness (QED) is 0.646. The van der Waals surface area contributed by atoms with Crippen LogP contribution in [-0.2, 0) is 0 Å². The van der Waals surface area contributed by atoms with Crippen LogP contribution < -0.4 is 0 Å². The highest BCUT2D eigenvalue weighted by molar-refractivity contribution is 5.79. The highest BCUT2D eigenvalue weighted by atomic mass is 16.1. The van der Waals surface area contributed by atoms with E-state index < -0.39 is 0 Å². The van der Waals surface area contributed by atoms with Crippen molar-refractivity contribution in [2.75, 3.05) is 0 Å². The number of rotatable bonds is 2. The molecule has 2 rings (SSSR count). The van der Waals surface area contributed by atoms with Gasteiger partial charge in [-0.3, -0.25) is 9.78 Å². The Bertz CT molecular complexity index is 353. The van der Waals surface area contributed by atoms with Crippen LogP contribution in [0.1, 0.15) is 46.1 Å². The molecule has 0 aliphatic heterocycles. The van der Waals surface area contributed by atoms with Crippen molar-refractivity contribution in [3.05, 3.63) is 28.6 Å². The predicted octanol–water partition coefficient (Wildman–Crippen LogP) is 2.39. The molecular weight excluding hydrogens is 162 g/mol. The largest absolute Gasteiger partial charge is 0.298 e. The highest BCUT2D eigenvalue weighted by Crippen LogP contribution is 2.40. The zero-order valence-corrected chi connectivity index (χ0v) is 8.00. The molecule has 13 heavy (non-hydrogen) atoms. The average Bonchev–Trinajstić information content (AvgIpc) is 2.85. The van der Waals surface area contributed by atoms with Crippen molar-refractivity contribution in [3.8, 4) is 0 Å². The Morgan fingerprint density at radius 1 is 1.46 bits per heavy atom. The number of hydrogen-bond acceptors (Lipinski definition) is 2. The Balaban J connectivity index is 2.56. The highest BCUT2D eigenvalue weighted by Gasteiger charge is 2.28. The summed E-state index contributed by atoms with van der Waals surface area (Å²) in [5.74, 6) is 0.554. The number of carbonyl (C=O) groups excluding carboxylic acids is 1. The van der Waals surface area contributed by atoms with Gasteiger partial charge in [0.15, 0.2) is 6.29 Å². The Hall–Kier alpha value is -1.18. The molecule has 0 atom stereocenters. The van der Waals surface area contributed by atoms with E-state index in [1.165, 1.54) is 12.8 Å². The molecule has 0 unspecified atom stereocenters. The molecule has 1 aliphatic rings. The maximum Gasteiger partial charge on any atom is 0.152 e. The van der Waals surface area contributed by atoms with Gasteiger partial charge in [0.25, 0.3) is 0 Å². The maximum atomic E-state index is 10.9. The third-order valence-corrected chi connectivity index (χ3v) is 2.50. The summed E-state index contributed by atoms with van der Waals surface area (Å²) in [4.78, 5) is 15.3. The summed E-state index contributed by atoms with van der Waals surface area (Å²) >= 11 is 0. The lowest BCUT2D eigenvalue weighted by molar-refractivity contribution is 0.112. The van der Waals surface area contributed by atoms with Gasteiger partial charge >= 0.3 is 0 Å². The van der Waals surface area contributed by atoms with E-state index in [1.807, 2.05) is 19.9 Å². The molecule has 1 heterocycles. The number of aryl methyl sites for hydroxylation is 2. The van der Waals surface area contributed by atoms with Crippen LogP contribution in [-0.4, -0.2) is 11.3 Å². The first kappa shape index (κ1) is 8.42. The van der Waals surface area contributed by atoms with Crippen LogP contribution in [0, 0.1) is 13.8 Å². The van der Waals surface area contributed by atoms with Crippen molar-refractivity contribution in [1.82, 2.24) is 4.98 Å². The second kappa shape index (κ2) is 2.95. The lowest BCUT2D eigenvalue weighted by Gasteiger charge is -2.06. The molecule has 0 spiro atoms. The van der Waals surface area contributed by atoms with Crippen molar-refractivity contribution in [1.29, 1.82) is 0 Å². The first-order chi connectivity index (χ1) is 6.22. The van der Waals surface area contributed by atoms with E-state index in [-0.39, 0.29) is 0 Å². The molecule has 68 valence electrons. The minimum Gasteiger partial charge on any atom is -0.298 e. The van der Waals surface area contributed by atoms with Gasteiger partial charge in [0, 0.05) is 17.2 Å². The van der Waals surface area contributed by atoms with Crippen LogP contribution in [0.5, 0.6) is 0 Å². The van der Waals surface area contributed by atoms with Crippen molar-refractivity contribution >= 4 is 6.29 Å². The first-order valence-corrected chi connectivity index (χ1v) is 4.65. The van der Waals surface area contributed by atoms with E-state index in [1.54, 1.807) is 0 Å². The second-order valence-corrected chi connectivity index (χ2v) is 3.77. The Kier molecular flexibility index (Phi) is 1.91. The topological polar surface area (TPSA) is 30.0 Å². The van der Waals surface area contributed by atoms with Crippen LogP contribution in [0.3, 0.4) is 0 Å². The van der Waals surface area contributed by atoms with Crippen LogP contribution in [0.2, 0.25) is 0 Å². The number of nitrogens with zero attached hydrogens (tertiary/aromatic N) is 1. The van der Waals surface area contributed by atoms with Gasteiger partial charge in [0.1, 0.15) is 0 Å². The van der Waals surface area contributed by atoms with E-state index in [2.05, 4.69) is 4.98 Å². The Morgan fingerprint density at radius 3 is 2.69 bits per heavy atom. The van der Waals surface area contributed by atoms with Crippen LogP contribution >= 0.6 is 0 Å². The lowest BCUT2D eigenvalue weighted by Crippen LogP contribution is -2.00. The Morgan fingerprint density at radius 2 is 2.15 bits per heavy atom. The van der Waals surface area contributed by atoms with Crippen LogP contribution in [0.25, 0.3) is 0 Å². The summed E-state index contributed by atoms with van der Waals surface area (Å²) in [7, 11) is 0. The van der Waals surface area contributed by atoms with Gasteiger partial charge in [-0.2, -0.15) is 0 Å². The predicted molar refractivity (Wildman–Crippen MR) is 51.1 cm³/mol. The van der Waals surface area contributed by atoms with Gasteiger partial charge in [0.2, 0.25) is 0 Å². The fourth-order valence-electron chi connectivity index (χ4n) is 1.70. The minimum absolute atomic E-state index is 0.554. The van der Waals surface area contributed by atoms with Crippen LogP contribution in [0.4, 0.5) is 0 Å². The zero-order valence-electron chi connectivity index (χ0n) is 8.00. The minimum atomic E-state index is 0.554. The summed E-state index contributed by atoms with van der Waals surface area (Å²) in [6.07, 6.45) is 3.32. The summed E-state index contributed by atoms with van der Waals surface area (Å²) in [6.45, 7) is 3.96. The van der Waals surface area contributed by atoms with Gasteiger partial charge in [-0.1, -0.05) is 0 Å². The molecule has 1 fully saturated rings.